The summed E-state index contributed by atoms with van der Waals surface area (Å²) >= 11 is 0. The van der Waals surface area contributed by atoms with Gasteiger partial charge in [0, 0.05) is 12.5 Å². The molecular formula is C9H8F8O2. The second-order valence-corrected chi connectivity index (χ2v) is 3.35. The van der Waals surface area contributed by atoms with Gasteiger partial charge in [0.25, 0.3) is 0 Å². The minimum absolute atomic E-state index is 0.145. The summed E-state index contributed by atoms with van der Waals surface area (Å²) < 4.78 is 104. The summed E-state index contributed by atoms with van der Waals surface area (Å²) in [6, 6.07) is 0. The first-order valence-electron chi connectivity index (χ1n) is 4.63. The molecule has 0 radical (unpaired) electrons. The molecule has 19 heavy (non-hydrogen) atoms. The molecule has 0 bridgehead atoms. The summed E-state index contributed by atoms with van der Waals surface area (Å²) in [5.74, 6) is -19.7. The molecule has 1 atom stereocenters. The van der Waals surface area contributed by atoms with Gasteiger partial charge in [0.1, 0.15) is 0 Å². The van der Waals surface area contributed by atoms with Crippen LogP contribution in [0.25, 0.3) is 0 Å². The third-order valence-electron chi connectivity index (χ3n) is 2.10. The summed E-state index contributed by atoms with van der Waals surface area (Å²) in [5.41, 5.74) is 0. The normalized spacial score (nSPS) is 16.7. The third-order valence-corrected chi connectivity index (χ3v) is 2.10. The second-order valence-electron chi connectivity index (χ2n) is 3.35. The molecule has 0 amide bonds. The molecule has 0 saturated carbocycles. The Balaban J connectivity index is 5.69. The molecule has 1 unspecified atom stereocenters. The summed E-state index contributed by atoms with van der Waals surface area (Å²) in [7, 11) is 0. The maximum absolute atomic E-state index is 13.5. The van der Waals surface area contributed by atoms with Gasteiger partial charge in [-0.3, -0.25) is 0 Å². The van der Waals surface area contributed by atoms with Crippen molar-refractivity contribution in [2.24, 2.45) is 0 Å². The van der Waals surface area contributed by atoms with Crippen molar-refractivity contribution in [1.29, 1.82) is 0 Å². The summed E-state index contributed by atoms with van der Waals surface area (Å²) in [6.45, 7) is 3.19. The Morgan fingerprint density at radius 1 is 1.05 bits per heavy atom. The Bertz CT molecular complexity index is 362. The topological polar surface area (TPSA) is 26.3 Å². The maximum atomic E-state index is 13.5. The van der Waals surface area contributed by atoms with Crippen LogP contribution in [0.5, 0.6) is 0 Å². The van der Waals surface area contributed by atoms with Gasteiger partial charge < -0.3 is 4.74 Å². The Labute approximate surface area is 102 Å². The largest absolute Gasteiger partial charge is 0.460 e. The molecule has 0 aromatic heterocycles. The van der Waals surface area contributed by atoms with Crippen molar-refractivity contribution >= 4 is 5.97 Å². The number of rotatable bonds is 5. The predicted octanol–water partition coefficient (Wildman–Crippen LogP) is 3.62. The van der Waals surface area contributed by atoms with E-state index in [0.717, 1.165) is 0 Å². The number of ether oxygens (including phenoxy) is 1. The number of carbonyl (C=O) groups is 1. The van der Waals surface area contributed by atoms with E-state index in [9.17, 15) is 39.9 Å². The molecule has 112 valence electrons. The van der Waals surface area contributed by atoms with E-state index >= 15 is 0 Å². The van der Waals surface area contributed by atoms with E-state index < -0.39 is 36.3 Å². The fourth-order valence-electron chi connectivity index (χ4n) is 0.972. The summed E-state index contributed by atoms with van der Waals surface area (Å²) in [5, 5.41) is 0. The van der Waals surface area contributed by atoms with E-state index in [1.807, 2.05) is 0 Å². The van der Waals surface area contributed by atoms with Gasteiger partial charge in [0.05, 0.1) is 0 Å². The Morgan fingerprint density at radius 2 is 1.47 bits per heavy atom. The molecule has 0 aromatic carbocycles. The highest BCUT2D eigenvalue weighted by atomic mass is 19.4. The Morgan fingerprint density at radius 3 is 1.74 bits per heavy atom. The lowest BCUT2D eigenvalue weighted by atomic mass is 10.0. The van der Waals surface area contributed by atoms with Crippen LogP contribution in [0.2, 0.25) is 0 Å². The lowest BCUT2D eigenvalue weighted by Gasteiger charge is -2.36. The van der Waals surface area contributed by atoms with Crippen molar-refractivity contribution in [2.75, 3.05) is 0 Å². The zero-order chi connectivity index (χ0) is 15.7. The van der Waals surface area contributed by atoms with Gasteiger partial charge in [-0.15, -0.1) is 0 Å². The number of halogens is 8. The molecule has 0 heterocycles. The van der Waals surface area contributed by atoms with Crippen molar-refractivity contribution in [3.8, 4) is 0 Å². The molecule has 2 nitrogen and oxygen atoms in total. The van der Waals surface area contributed by atoms with Crippen molar-refractivity contribution < 1.29 is 44.7 Å². The quantitative estimate of drug-likeness (QED) is 0.440. The van der Waals surface area contributed by atoms with Crippen LogP contribution in [0.4, 0.5) is 35.1 Å². The van der Waals surface area contributed by atoms with Gasteiger partial charge in [-0.2, -0.15) is 35.1 Å². The smallest absolute Gasteiger partial charge is 0.418 e. The van der Waals surface area contributed by atoms with Gasteiger partial charge in [-0.05, 0) is 0 Å². The number of esters is 1. The summed E-state index contributed by atoms with van der Waals surface area (Å²) in [6.07, 6.45) is -8.19. The molecular weight excluding hydrogens is 292 g/mol. The zero-order valence-corrected chi connectivity index (χ0v) is 9.33. The SMILES string of the molecule is C=CC(=O)OC(F)(CC)C(F)(F)C(F)(F)C(F)(F)F. The average molecular weight is 300 g/mol. The van der Waals surface area contributed by atoms with Crippen LogP contribution in [-0.4, -0.2) is 29.8 Å². The van der Waals surface area contributed by atoms with E-state index in [-0.39, 0.29) is 6.08 Å². The fraction of sp³-hybridized carbons (Fsp3) is 0.667. The zero-order valence-electron chi connectivity index (χ0n) is 9.33. The van der Waals surface area contributed by atoms with Crippen molar-refractivity contribution in [3.05, 3.63) is 12.7 Å². The molecule has 0 aliphatic heterocycles. The summed E-state index contributed by atoms with van der Waals surface area (Å²) in [4.78, 5) is 10.6. The van der Waals surface area contributed by atoms with E-state index in [4.69, 9.17) is 0 Å². The van der Waals surface area contributed by atoms with Gasteiger partial charge in [0.15, 0.2) is 0 Å². The van der Waals surface area contributed by atoms with Gasteiger partial charge >= 0.3 is 29.8 Å². The van der Waals surface area contributed by atoms with Crippen molar-refractivity contribution in [2.45, 2.75) is 37.2 Å². The minimum Gasteiger partial charge on any atom is -0.418 e. The third kappa shape index (κ3) is 2.81. The van der Waals surface area contributed by atoms with Gasteiger partial charge in [-0.1, -0.05) is 13.5 Å². The fourth-order valence-corrected chi connectivity index (χ4v) is 0.972. The predicted molar refractivity (Wildman–Crippen MR) is 46.4 cm³/mol. The van der Waals surface area contributed by atoms with Crippen LogP contribution < -0.4 is 0 Å². The first-order chi connectivity index (χ1) is 8.27. The molecule has 0 rings (SSSR count). The van der Waals surface area contributed by atoms with E-state index in [1.165, 1.54) is 0 Å². The molecule has 0 aliphatic carbocycles. The highest BCUT2D eigenvalue weighted by Gasteiger charge is 2.81. The monoisotopic (exact) mass is 300 g/mol. The average Bonchev–Trinajstić information content (AvgIpc) is 2.26. The van der Waals surface area contributed by atoms with E-state index in [2.05, 4.69) is 11.3 Å². The number of carbonyl (C=O) groups excluding carboxylic acids is 1. The van der Waals surface area contributed by atoms with Crippen LogP contribution in [0.1, 0.15) is 13.3 Å². The molecule has 0 saturated heterocycles. The molecule has 0 aliphatic rings. The Hall–Kier alpha value is -1.35. The Kier molecular flexibility index (Phi) is 4.62. The first kappa shape index (κ1) is 17.6. The maximum Gasteiger partial charge on any atom is 0.460 e. The lowest BCUT2D eigenvalue weighted by molar-refractivity contribution is -0.407. The van der Waals surface area contributed by atoms with Crippen LogP contribution in [0.15, 0.2) is 12.7 Å². The molecule has 0 aromatic rings. The molecule has 10 heteroatoms. The van der Waals surface area contributed by atoms with Crippen LogP contribution in [-0.2, 0) is 9.53 Å². The highest BCUT2D eigenvalue weighted by Crippen LogP contribution is 2.53. The second kappa shape index (κ2) is 4.97. The first-order valence-corrected chi connectivity index (χ1v) is 4.63. The molecule has 0 spiro atoms. The minimum atomic E-state index is -6.72. The highest BCUT2D eigenvalue weighted by molar-refractivity contribution is 5.81. The van der Waals surface area contributed by atoms with E-state index in [0.29, 0.717) is 6.92 Å². The number of hydrogen-bond donors (Lipinski definition) is 0. The standard InChI is InChI=1S/C9H8F8O2/c1-3-5(18)19-6(10,4-2)7(11,12)8(13,14)9(15,16)17/h3H,1,4H2,2H3. The van der Waals surface area contributed by atoms with Crippen molar-refractivity contribution in [3.63, 3.8) is 0 Å². The molecule has 0 N–H and O–H groups in total. The lowest BCUT2D eigenvalue weighted by Crippen LogP contribution is -2.63. The van der Waals surface area contributed by atoms with Crippen LogP contribution >= 0.6 is 0 Å². The van der Waals surface area contributed by atoms with Crippen molar-refractivity contribution in [1.82, 2.24) is 0 Å². The van der Waals surface area contributed by atoms with Crippen LogP contribution in [0, 0.1) is 0 Å². The van der Waals surface area contributed by atoms with Gasteiger partial charge in [0.2, 0.25) is 0 Å². The van der Waals surface area contributed by atoms with E-state index in [1.54, 1.807) is 0 Å². The number of alkyl halides is 8. The van der Waals surface area contributed by atoms with Crippen LogP contribution in [0.3, 0.4) is 0 Å². The van der Waals surface area contributed by atoms with Gasteiger partial charge in [-0.25, -0.2) is 4.79 Å². The number of hydrogen-bond acceptors (Lipinski definition) is 2. The molecule has 0 fully saturated rings.